The Bertz CT molecular complexity index is 1100. The Hall–Kier alpha value is -2.94. The van der Waals surface area contributed by atoms with E-state index in [4.69, 9.17) is 0 Å². The van der Waals surface area contributed by atoms with Crippen LogP contribution in [0.25, 0.3) is 0 Å². The van der Waals surface area contributed by atoms with Gasteiger partial charge in [-0.15, -0.1) is 0 Å². The van der Waals surface area contributed by atoms with Crippen molar-refractivity contribution in [3.63, 3.8) is 0 Å². The molecule has 0 aliphatic heterocycles. The van der Waals surface area contributed by atoms with E-state index in [0.29, 0.717) is 17.8 Å². The summed E-state index contributed by atoms with van der Waals surface area (Å²) in [5.74, 6) is -1.24. The molecule has 0 radical (unpaired) electrons. The van der Waals surface area contributed by atoms with E-state index in [9.17, 15) is 22.4 Å². The lowest BCUT2D eigenvalue weighted by molar-refractivity contribution is -0.139. The molecular weight excluding hydrogens is 469 g/mol. The molecule has 1 N–H and O–H groups in total. The second kappa shape index (κ2) is 12.7. The van der Waals surface area contributed by atoms with Gasteiger partial charge in [-0.2, -0.15) is 0 Å². The lowest BCUT2D eigenvalue weighted by Gasteiger charge is -2.32. The molecule has 35 heavy (non-hydrogen) atoms. The van der Waals surface area contributed by atoms with E-state index < -0.39 is 34.3 Å². The van der Waals surface area contributed by atoms with Crippen LogP contribution in [0.1, 0.15) is 57.6 Å². The summed E-state index contributed by atoms with van der Waals surface area (Å²) in [7, 11) is -3.81. The molecule has 0 bridgehead atoms. The van der Waals surface area contributed by atoms with E-state index >= 15 is 0 Å². The maximum absolute atomic E-state index is 13.6. The summed E-state index contributed by atoms with van der Waals surface area (Å²) < 4.78 is 40.1. The number of halogens is 1. The fourth-order valence-electron chi connectivity index (χ4n) is 3.70. The van der Waals surface area contributed by atoms with Crippen molar-refractivity contribution in [3.8, 4) is 0 Å². The average molecular weight is 506 g/mol. The van der Waals surface area contributed by atoms with Crippen LogP contribution in [-0.4, -0.2) is 50.5 Å². The smallest absolute Gasteiger partial charge is 0.244 e. The summed E-state index contributed by atoms with van der Waals surface area (Å²) in [5.41, 5.74) is 1.85. The number of nitrogens with one attached hydrogen (secondary N) is 1. The van der Waals surface area contributed by atoms with Gasteiger partial charge in [0.2, 0.25) is 21.8 Å². The first kappa shape index (κ1) is 28.3. The molecule has 7 nitrogen and oxygen atoms in total. The minimum atomic E-state index is -3.81. The molecule has 192 valence electrons. The summed E-state index contributed by atoms with van der Waals surface area (Å²) >= 11 is 0. The summed E-state index contributed by atoms with van der Waals surface area (Å²) in [6.45, 7) is 7.57. The number of benzene rings is 2. The highest BCUT2D eigenvalue weighted by Gasteiger charge is 2.31. The molecule has 0 spiro atoms. The summed E-state index contributed by atoms with van der Waals surface area (Å²) in [6, 6.07) is 11.9. The largest absolute Gasteiger partial charge is 0.354 e. The number of rotatable bonds is 12. The molecule has 2 rings (SSSR count). The number of carbonyl (C=O) groups excluding carboxylic acids is 2. The number of nitrogens with zero attached hydrogens (tertiary/aromatic N) is 2. The molecule has 0 aromatic heterocycles. The van der Waals surface area contributed by atoms with Crippen molar-refractivity contribution in [1.82, 2.24) is 10.2 Å². The van der Waals surface area contributed by atoms with Gasteiger partial charge in [0.05, 0.1) is 11.9 Å². The van der Waals surface area contributed by atoms with E-state index in [-0.39, 0.29) is 18.4 Å². The molecule has 0 unspecified atom stereocenters. The van der Waals surface area contributed by atoms with Crippen molar-refractivity contribution >= 4 is 27.5 Å². The third-order valence-electron chi connectivity index (χ3n) is 5.77. The predicted molar refractivity (Wildman–Crippen MR) is 137 cm³/mol. The van der Waals surface area contributed by atoms with Crippen LogP contribution in [0.15, 0.2) is 48.5 Å². The van der Waals surface area contributed by atoms with Crippen molar-refractivity contribution in [2.45, 2.75) is 59.0 Å². The van der Waals surface area contributed by atoms with Crippen LogP contribution in [0, 0.1) is 5.82 Å². The molecule has 0 saturated heterocycles. The highest BCUT2D eigenvalue weighted by molar-refractivity contribution is 7.92. The Morgan fingerprint density at radius 1 is 1.03 bits per heavy atom. The lowest BCUT2D eigenvalue weighted by atomic mass is 10.0. The van der Waals surface area contributed by atoms with Crippen molar-refractivity contribution in [3.05, 3.63) is 65.5 Å². The number of para-hydroxylation sites is 1. The van der Waals surface area contributed by atoms with Crippen molar-refractivity contribution in [2.75, 3.05) is 23.7 Å². The Morgan fingerprint density at radius 3 is 2.23 bits per heavy atom. The molecule has 0 aliphatic rings. The van der Waals surface area contributed by atoms with Crippen LogP contribution in [0.5, 0.6) is 0 Å². The standard InChI is InChI=1S/C26H36FN3O4S/c1-6-7-16-28-26(32)20(4)29(17-21-12-14-22(27)15-13-21)25(31)18-30(35(5,33)34)24-11-9-8-10-23(24)19(2)3/h8-15,19-20H,6-7,16-18H2,1-5H3,(H,28,32)/t20-/m0/s1. The topological polar surface area (TPSA) is 86.8 Å². The van der Waals surface area contributed by atoms with Crippen LogP contribution in [0.4, 0.5) is 10.1 Å². The van der Waals surface area contributed by atoms with Gasteiger partial charge in [-0.05, 0) is 48.6 Å². The van der Waals surface area contributed by atoms with Gasteiger partial charge < -0.3 is 10.2 Å². The van der Waals surface area contributed by atoms with E-state index in [1.54, 1.807) is 31.2 Å². The number of hydrogen-bond donors (Lipinski definition) is 1. The molecule has 2 aromatic carbocycles. The van der Waals surface area contributed by atoms with Crippen LogP contribution in [-0.2, 0) is 26.2 Å². The Balaban J connectivity index is 2.40. The van der Waals surface area contributed by atoms with Gasteiger partial charge in [-0.1, -0.05) is 57.5 Å². The maximum Gasteiger partial charge on any atom is 0.244 e. The molecule has 2 amide bonds. The van der Waals surface area contributed by atoms with Crippen LogP contribution in [0.2, 0.25) is 0 Å². The van der Waals surface area contributed by atoms with E-state index in [1.807, 2.05) is 32.9 Å². The monoisotopic (exact) mass is 505 g/mol. The Morgan fingerprint density at radius 2 is 1.66 bits per heavy atom. The maximum atomic E-state index is 13.6. The zero-order chi connectivity index (χ0) is 26.2. The fourth-order valence-corrected chi connectivity index (χ4v) is 4.57. The molecule has 1 atom stereocenters. The van der Waals surface area contributed by atoms with Crippen molar-refractivity contribution in [2.24, 2.45) is 0 Å². The third kappa shape index (κ3) is 8.06. The van der Waals surface area contributed by atoms with E-state index in [0.717, 1.165) is 29.0 Å². The number of unbranched alkanes of at least 4 members (excludes halogenated alkanes) is 1. The van der Waals surface area contributed by atoms with E-state index in [1.165, 1.54) is 17.0 Å². The minimum absolute atomic E-state index is 0.0316. The van der Waals surface area contributed by atoms with Gasteiger partial charge in [0, 0.05) is 13.1 Å². The van der Waals surface area contributed by atoms with Gasteiger partial charge in [-0.25, -0.2) is 12.8 Å². The second-order valence-electron chi connectivity index (χ2n) is 8.95. The second-order valence-corrected chi connectivity index (χ2v) is 10.9. The van der Waals surface area contributed by atoms with Crippen molar-refractivity contribution < 1.29 is 22.4 Å². The highest BCUT2D eigenvalue weighted by Crippen LogP contribution is 2.29. The van der Waals surface area contributed by atoms with Gasteiger partial charge in [-0.3, -0.25) is 13.9 Å². The zero-order valence-corrected chi connectivity index (χ0v) is 21.9. The summed E-state index contributed by atoms with van der Waals surface area (Å²) in [5, 5.41) is 2.83. The summed E-state index contributed by atoms with van der Waals surface area (Å²) in [4.78, 5) is 27.7. The van der Waals surface area contributed by atoms with Gasteiger partial charge in [0.1, 0.15) is 18.4 Å². The molecule has 0 fully saturated rings. The molecule has 0 heterocycles. The molecule has 0 aliphatic carbocycles. The number of anilines is 1. The normalized spacial score (nSPS) is 12.3. The first-order valence-electron chi connectivity index (χ1n) is 11.8. The van der Waals surface area contributed by atoms with E-state index in [2.05, 4.69) is 5.32 Å². The molecule has 9 heteroatoms. The first-order valence-corrected chi connectivity index (χ1v) is 13.7. The summed E-state index contributed by atoms with van der Waals surface area (Å²) in [6.07, 6.45) is 2.77. The van der Waals surface area contributed by atoms with Crippen LogP contribution >= 0.6 is 0 Å². The molecule has 0 saturated carbocycles. The first-order chi connectivity index (χ1) is 16.5. The minimum Gasteiger partial charge on any atom is -0.354 e. The predicted octanol–water partition coefficient (Wildman–Crippen LogP) is 4.05. The van der Waals surface area contributed by atoms with Gasteiger partial charge >= 0.3 is 0 Å². The quantitative estimate of drug-likeness (QED) is 0.441. The number of amides is 2. The van der Waals surface area contributed by atoms with Crippen LogP contribution in [0.3, 0.4) is 0 Å². The highest BCUT2D eigenvalue weighted by atomic mass is 32.2. The lowest BCUT2D eigenvalue weighted by Crippen LogP contribution is -2.51. The number of hydrogen-bond acceptors (Lipinski definition) is 4. The SMILES string of the molecule is CCCCNC(=O)[C@H](C)N(Cc1ccc(F)cc1)C(=O)CN(c1ccccc1C(C)C)S(C)(=O)=O. The van der Waals surface area contributed by atoms with Crippen LogP contribution < -0.4 is 9.62 Å². The zero-order valence-electron chi connectivity index (χ0n) is 21.1. The molecular formula is C26H36FN3O4S. The Kier molecular flexibility index (Phi) is 10.2. The van der Waals surface area contributed by atoms with Gasteiger partial charge in [0.25, 0.3) is 0 Å². The average Bonchev–Trinajstić information content (AvgIpc) is 2.80. The Labute approximate surface area is 208 Å². The third-order valence-corrected chi connectivity index (χ3v) is 6.90. The van der Waals surface area contributed by atoms with Crippen molar-refractivity contribution in [1.29, 1.82) is 0 Å². The number of carbonyl (C=O) groups is 2. The molecule has 2 aromatic rings. The number of sulfonamides is 1. The van der Waals surface area contributed by atoms with Gasteiger partial charge in [0.15, 0.2) is 0 Å². The fraction of sp³-hybridized carbons (Fsp3) is 0.462.